The van der Waals surface area contributed by atoms with Gasteiger partial charge >= 0.3 is 12.1 Å². The Morgan fingerprint density at radius 3 is 2.50 bits per heavy atom. The molecule has 1 saturated carbocycles. The molecule has 1 aromatic carbocycles. The van der Waals surface area contributed by atoms with Crippen LogP contribution < -0.4 is 0 Å². The molecule has 0 aromatic heterocycles. The molecule has 1 N–H and O–H groups in total. The molecule has 0 spiro atoms. The Kier molecular flexibility index (Phi) is 3.99. The number of alkyl halides is 3. The van der Waals surface area contributed by atoms with Gasteiger partial charge in [-0.25, -0.2) is 9.18 Å². The van der Waals surface area contributed by atoms with Crippen LogP contribution >= 0.6 is 0 Å². The van der Waals surface area contributed by atoms with Crippen LogP contribution in [0, 0.1) is 5.82 Å². The zero-order valence-corrected chi connectivity index (χ0v) is 10.5. The fourth-order valence-electron chi connectivity index (χ4n) is 2.07. The second-order valence-electron chi connectivity index (χ2n) is 4.84. The summed E-state index contributed by atoms with van der Waals surface area (Å²) in [5.74, 6) is -2.40. The summed E-state index contributed by atoms with van der Waals surface area (Å²) < 4.78 is 51.3. The van der Waals surface area contributed by atoms with E-state index in [1.54, 1.807) is 0 Å². The van der Waals surface area contributed by atoms with Crippen molar-refractivity contribution in [2.75, 3.05) is 6.54 Å². The number of nitrogens with zero attached hydrogens (tertiary/aromatic N) is 1. The third kappa shape index (κ3) is 3.69. The maximum atomic E-state index is 13.9. The first kappa shape index (κ1) is 14.8. The van der Waals surface area contributed by atoms with E-state index >= 15 is 0 Å². The van der Waals surface area contributed by atoms with Crippen molar-refractivity contribution in [2.24, 2.45) is 0 Å². The number of carbonyl (C=O) groups is 1. The molecule has 1 aliphatic rings. The van der Waals surface area contributed by atoms with Crippen LogP contribution in [0.5, 0.6) is 0 Å². The Hall–Kier alpha value is -1.63. The van der Waals surface area contributed by atoms with E-state index in [0.29, 0.717) is 12.8 Å². The monoisotopic (exact) mass is 291 g/mol. The molecule has 0 bridgehead atoms. The number of hydrogen-bond acceptors (Lipinski definition) is 2. The van der Waals surface area contributed by atoms with Gasteiger partial charge in [-0.3, -0.25) is 4.90 Å². The highest BCUT2D eigenvalue weighted by molar-refractivity contribution is 5.88. The Morgan fingerprint density at radius 1 is 1.35 bits per heavy atom. The molecule has 20 heavy (non-hydrogen) atoms. The molecular weight excluding hydrogens is 278 g/mol. The number of benzene rings is 1. The van der Waals surface area contributed by atoms with E-state index in [1.165, 1.54) is 12.1 Å². The maximum absolute atomic E-state index is 13.9. The fourth-order valence-corrected chi connectivity index (χ4v) is 2.07. The Morgan fingerprint density at radius 2 is 2.00 bits per heavy atom. The first-order valence-corrected chi connectivity index (χ1v) is 6.09. The Balaban J connectivity index is 2.18. The SMILES string of the molecule is O=C(O)c1cccc(CN(CC(F)(F)F)C2CC2)c1F. The molecule has 1 fully saturated rings. The van der Waals surface area contributed by atoms with Crippen molar-refractivity contribution in [1.29, 1.82) is 0 Å². The lowest BCUT2D eigenvalue weighted by molar-refractivity contribution is -0.148. The van der Waals surface area contributed by atoms with Crippen LogP contribution in [0.15, 0.2) is 18.2 Å². The van der Waals surface area contributed by atoms with Crippen molar-refractivity contribution in [3.05, 3.63) is 35.1 Å². The Bertz CT molecular complexity index is 512. The molecule has 0 heterocycles. The van der Waals surface area contributed by atoms with Gasteiger partial charge < -0.3 is 5.11 Å². The summed E-state index contributed by atoms with van der Waals surface area (Å²) in [6, 6.07) is 3.53. The molecule has 7 heteroatoms. The molecular formula is C13H13F4NO2. The predicted octanol–water partition coefficient (Wildman–Crippen LogP) is 3.05. The molecule has 1 aliphatic carbocycles. The number of carboxylic acids is 1. The average Bonchev–Trinajstić information content (AvgIpc) is 3.12. The first-order valence-electron chi connectivity index (χ1n) is 6.09. The predicted molar refractivity (Wildman–Crippen MR) is 62.8 cm³/mol. The summed E-state index contributed by atoms with van der Waals surface area (Å²) in [6.45, 7) is -1.36. The van der Waals surface area contributed by atoms with Crippen LogP contribution in [0.25, 0.3) is 0 Å². The second-order valence-corrected chi connectivity index (χ2v) is 4.84. The van der Waals surface area contributed by atoms with E-state index in [4.69, 9.17) is 5.11 Å². The maximum Gasteiger partial charge on any atom is 0.401 e. The highest BCUT2D eigenvalue weighted by Crippen LogP contribution is 2.32. The molecule has 0 amide bonds. The zero-order valence-electron chi connectivity index (χ0n) is 10.5. The number of hydrogen-bond donors (Lipinski definition) is 1. The van der Waals surface area contributed by atoms with E-state index in [0.717, 1.165) is 11.0 Å². The van der Waals surface area contributed by atoms with E-state index in [1.807, 2.05) is 0 Å². The van der Waals surface area contributed by atoms with E-state index in [2.05, 4.69) is 0 Å². The summed E-state index contributed by atoms with van der Waals surface area (Å²) in [4.78, 5) is 11.9. The largest absolute Gasteiger partial charge is 0.478 e. The lowest BCUT2D eigenvalue weighted by atomic mass is 10.1. The molecule has 0 aliphatic heterocycles. The number of aromatic carboxylic acids is 1. The number of carboxylic acid groups (broad SMARTS) is 1. The van der Waals surface area contributed by atoms with Gasteiger partial charge in [0, 0.05) is 18.2 Å². The summed E-state index contributed by atoms with van der Waals surface area (Å²) in [5, 5.41) is 8.80. The van der Waals surface area contributed by atoms with Gasteiger partial charge in [-0.05, 0) is 18.9 Å². The number of halogens is 4. The van der Waals surface area contributed by atoms with Crippen molar-refractivity contribution in [3.63, 3.8) is 0 Å². The summed E-state index contributed by atoms with van der Waals surface area (Å²) >= 11 is 0. The number of rotatable bonds is 5. The quantitative estimate of drug-likeness (QED) is 0.848. The minimum absolute atomic E-state index is 0.0268. The van der Waals surface area contributed by atoms with E-state index < -0.39 is 30.1 Å². The van der Waals surface area contributed by atoms with Crippen molar-refractivity contribution in [3.8, 4) is 0 Å². The standard InChI is InChI=1S/C13H13F4NO2/c14-11-8(2-1-3-10(11)12(19)20)6-18(9-4-5-9)7-13(15,16)17/h1-3,9H,4-7H2,(H,19,20). The summed E-state index contributed by atoms with van der Waals surface area (Å²) in [5.41, 5.74) is -0.550. The molecule has 110 valence electrons. The van der Waals surface area contributed by atoms with E-state index in [-0.39, 0.29) is 18.2 Å². The van der Waals surface area contributed by atoms with Gasteiger partial charge in [-0.2, -0.15) is 13.2 Å². The van der Waals surface area contributed by atoms with Gasteiger partial charge in [-0.15, -0.1) is 0 Å². The van der Waals surface area contributed by atoms with Crippen LogP contribution in [0.1, 0.15) is 28.8 Å². The molecule has 0 radical (unpaired) electrons. The first-order chi connectivity index (χ1) is 9.28. The lowest BCUT2D eigenvalue weighted by Crippen LogP contribution is -2.35. The van der Waals surface area contributed by atoms with Gasteiger partial charge in [0.1, 0.15) is 5.82 Å². The van der Waals surface area contributed by atoms with Gasteiger partial charge in [0.25, 0.3) is 0 Å². The van der Waals surface area contributed by atoms with Crippen LogP contribution in [0.4, 0.5) is 17.6 Å². The highest BCUT2D eigenvalue weighted by Gasteiger charge is 2.38. The van der Waals surface area contributed by atoms with Crippen molar-refractivity contribution >= 4 is 5.97 Å². The van der Waals surface area contributed by atoms with Crippen LogP contribution in [0.3, 0.4) is 0 Å². The normalized spacial score (nSPS) is 15.7. The minimum atomic E-state index is -4.36. The third-order valence-electron chi connectivity index (χ3n) is 3.13. The molecule has 0 saturated heterocycles. The molecule has 1 aromatic rings. The average molecular weight is 291 g/mol. The van der Waals surface area contributed by atoms with Crippen LogP contribution in [-0.4, -0.2) is 34.7 Å². The zero-order chi connectivity index (χ0) is 14.9. The fraction of sp³-hybridized carbons (Fsp3) is 0.462. The molecule has 3 nitrogen and oxygen atoms in total. The van der Waals surface area contributed by atoms with Crippen LogP contribution in [-0.2, 0) is 6.54 Å². The van der Waals surface area contributed by atoms with Crippen molar-refractivity contribution < 1.29 is 27.5 Å². The topological polar surface area (TPSA) is 40.5 Å². The van der Waals surface area contributed by atoms with E-state index in [9.17, 15) is 22.4 Å². The highest BCUT2D eigenvalue weighted by atomic mass is 19.4. The van der Waals surface area contributed by atoms with Crippen molar-refractivity contribution in [2.45, 2.75) is 31.6 Å². The van der Waals surface area contributed by atoms with Crippen molar-refractivity contribution in [1.82, 2.24) is 4.90 Å². The lowest BCUT2D eigenvalue weighted by Gasteiger charge is -2.23. The molecule has 2 rings (SSSR count). The molecule has 0 atom stereocenters. The third-order valence-corrected chi connectivity index (χ3v) is 3.13. The van der Waals surface area contributed by atoms with Gasteiger partial charge in [0.05, 0.1) is 12.1 Å². The van der Waals surface area contributed by atoms with Gasteiger partial charge in [-0.1, -0.05) is 12.1 Å². The molecule has 0 unspecified atom stereocenters. The Labute approximate surface area is 112 Å². The van der Waals surface area contributed by atoms with Crippen LogP contribution in [0.2, 0.25) is 0 Å². The summed E-state index contributed by atoms with van der Waals surface area (Å²) in [7, 11) is 0. The minimum Gasteiger partial charge on any atom is -0.478 e. The van der Waals surface area contributed by atoms with Gasteiger partial charge in [0.15, 0.2) is 0 Å². The second kappa shape index (κ2) is 5.40. The smallest absolute Gasteiger partial charge is 0.401 e. The summed E-state index contributed by atoms with van der Waals surface area (Å²) in [6.07, 6.45) is -3.06. The van der Waals surface area contributed by atoms with Gasteiger partial charge in [0.2, 0.25) is 0 Å².